The third-order valence-electron chi connectivity index (χ3n) is 2.77. The quantitative estimate of drug-likeness (QED) is 0.593. The van der Waals surface area contributed by atoms with Crippen LogP contribution in [0, 0.1) is 0 Å². The van der Waals surface area contributed by atoms with E-state index >= 15 is 0 Å². The predicted molar refractivity (Wildman–Crippen MR) is 65.0 cm³/mol. The molecule has 1 aliphatic heterocycles. The second kappa shape index (κ2) is 5.53. The zero-order chi connectivity index (χ0) is 12.1. The Bertz CT molecular complexity index is 406. The first-order valence-electron chi connectivity index (χ1n) is 5.75. The minimum Gasteiger partial charge on any atom is -0.497 e. The van der Waals surface area contributed by atoms with Crippen LogP contribution in [0.15, 0.2) is 36.4 Å². The van der Waals surface area contributed by atoms with Gasteiger partial charge in [0.2, 0.25) is 0 Å². The third-order valence-corrected chi connectivity index (χ3v) is 2.77. The summed E-state index contributed by atoms with van der Waals surface area (Å²) in [6.45, 7) is 0. The molecule has 0 bridgehead atoms. The molecule has 0 fully saturated rings. The molecule has 0 spiro atoms. The monoisotopic (exact) mass is 232 g/mol. The van der Waals surface area contributed by atoms with Gasteiger partial charge in [-0.1, -0.05) is 24.3 Å². The molecule has 3 heteroatoms. The predicted octanol–water partition coefficient (Wildman–Crippen LogP) is 2.50. The number of carbonyl (C=O) groups is 1. The van der Waals surface area contributed by atoms with Crippen LogP contribution in [0.4, 0.5) is 0 Å². The van der Waals surface area contributed by atoms with Gasteiger partial charge in [0.05, 0.1) is 13.5 Å². The Balaban J connectivity index is 1.99. The van der Waals surface area contributed by atoms with Crippen molar-refractivity contribution in [3.8, 4) is 5.75 Å². The number of ether oxygens (including phenoxy) is 2. The van der Waals surface area contributed by atoms with Gasteiger partial charge in [0.1, 0.15) is 11.9 Å². The molecule has 1 aromatic rings. The van der Waals surface area contributed by atoms with Gasteiger partial charge in [-0.25, -0.2) is 0 Å². The van der Waals surface area contributed by atoms with Gasteiger partial charge >= 0.3 is 5.97 Å². The number of cyclic esters (lactones) is 1. The molecule has 0 saturated heterocycles. The van der Waals surface area contributed by atoms with Gasteiger partial charge in [0, 0.05) is 12.8 Å². The van der Waals surface area contributed by atoms with E-state index in [1.54, 1.807) is 7.11 Å². The van der Waals surface area contributed by atoms with Crippen LogP contribution in [-0.2, 0) is 16.0 Å². The highest BCUT2D eigenvalue weighted by molar-refractivity contribution is 5.71. The second-order valence-electron chi connectivity index (χ2n) is 4.08. The highest BCUT2D eigenvalue weighted by Gasteiger charge is 2.15. The zero-order valence-electron chi connectivity index (χ0n) is 9.89. The number of esters is 1. The second-order valence-corrected chi connectivity index (χ2v) is 4.08. The van der Waals surface area contributed by atoms with E-state index in [1.807, 2.05) is 36.4 Å². The van der Waals surface area contributed by atoms with E-state index in [4.69, 9.17) is 9.47 Å². The highest BCUT2D eigenvalue weighted by atomic mass is 16.5. The number of hydrogen-bond acceptors (Lipinski definition) is 3. The molecule has 0 N–H and O–H groups in total. The first-order valence-corrected chi connectivity index (χ1v) is 5.75. The maximum absolute atomic E-state index is 11.3. The van der Waals surface area contributed by atoms with E-state index in [9.17, 15) is 4.79 Å². The molecule has 2 rings (SSSR count). The van der Waals surface area contributed by atoms with Gasteiger partial charge in [-0.2, -0.15) is 0 Å². The van der Waals surface area contributed by atoms with Crippen LogP contribution in [0.1, 0.15) is 18.4 Å². The maximum Gasteiger partial charge on any atom is 0.309 e. The Morgan fingerprint density at radius 1 is 1.29 bits per heavy atom. The van der Waals surface area contributed by atoms with Crippen molar-refractivity contribution in [1.29, 1.82) is 0 Å². The Hall–Kier alpha value is -1.77. The normalized spacial score (nSPS) is 19.6. The minimum atomic E-state index is -0.141. The maximum atomic E-state index is 11.3. The van der Waals surface area contributed by atoms with E-state index in [0.717, 1.165) is 24.2 Å². The molecular formula is C14H16O3. The Morgan fingerprint density at radius 3 is 2.76 bits per heavy atom. The average molecular weight is 232 g/mol. The summed E-state index contributed by atoms with van der Waals surface area (Å²) >= 11 is 0. The van der Waals surface area contributed by atoms with Crippen LogP contribution in [-0.4, -0.2) is 19.2 Å². The van der Waals surface area contributed by atoms with Crippen LogP contribution in [0.2, 0.25) is 0 Å². The Labute approximate surface area is 101 Å². The summed E-state index contributed by atoms with van der Waals surface area (Å²) in [4.78, 5) is 11.3. The average Bonchev–Trinajstić information content (AvgIpc) is 2.55. The third kappa shape index (κ3) is 3.34. The first kappa shape index (κ1) is 11.7. The molecule has 0 saturated carbocycles. The summed E-state index contributed by atoms with van der Waals surface area (Å²) in [5, 5.41) is 0. The first-order chi connectivity index (χ1) is 8.28. The topological polar surface area (TPSA) is 35.5 Å². The van der Waals surface area contributed by atoms with Crippen molar-refractivity contribution in [2.24, 2.45) is 0 Å². The summed E-state index contributed by atoms with van der Waals surface area (Å²) in [5.41, 5.74) is 1.15. The van der Waals surface area contributed by atoms with Crippen LogP contribution in [0.25, 0.3) is 0 Å². The summed E-state index contributed by atoms with van der Waals surface area (Å²) in [6.07, 6.45) is 5.77. The lowest BCUT2D eigenvalue weighted by atomic mass is 10.1. The SMILES string of the molecule is COc1ccc(CC2CC=CCC(=O)O2)cc1. The number of rotatable bonds is 3. The lowest BCUT2D eigenvalue weighted by molar-refractivity contribution is -0.147. The van der Waals surface area contributed by atoms with Gasteiger partial charge in [-0.3, -0.25) is 4.79 Å². The van der Waals surface area contributed by atoms with Crippen molar-refractivity contribution < 1.29 is 14.3 Å². The molecule has 0 aromatic heterocycles. The van der Waals surface area contributed by atoms with E-state index < -0.39 is 0 Å². The molecule has 1 atom stereocenters. The standard InChI is InChI=1S/C14H16O3/c1-16-12-8-6-11(7-9-12)10-13-4-2-3-5-14(15)17-13/h2-3,6-9,13H,4-5,10H2,1H3. The van der Waals surface area contributed by atoms with Crippen molar-refractivity contribution in [2.45, 2.75) is 25.4 Å². The zero-order valence-corrected chi connectivity index (χ0v) is 9.89. The Kier molecular flexibility index (Phi) is 3.81. The molecule has 90 valence electrons. The van der Waals surface area contributed by atoms with Gasteiger partial charge in [0.25, 0.3) is 0 Å². The molecule has 1 aliphatic rings. The summed E-state index contributed by atoms with van der Waals surface area (Å²) < 4.78 is 10.4. The van der Waals surface area contributed by atoms with Crippen molar-refractivity contribution in [3.63, 3.8) is 0 Å². The molecule has 0 aliphatic carbocycles. The largest absolute Gasteiger partial charge is 0.497 e. The lowest BCUT2D eigenvalue weighted by Gasteiger charge is -2.14. The van der Waals surface area contributed by atoms with Gasteiger partial charge in [0.15, 0.2) is 0 Å². The molecule has 17 heavy (non-hydrogen) atoms. The van der Waals surface area contributed by atoms with Crippen LogP contribution < -0.4 is 4.74 Å². The summed E-state index contributed by atoms with van der Waals surface area (Å²) in [6, 6.07) is 7.84. The molecule has 1 aromatic carbocycles. The van der Waals surface area contributed by atoms with Gasteiger partial charge in [-0.05, 0) is 17.7 Å². The molecular weight excluding hydrogens is 216 g/mol. The van der Waals surface area contributed by atoms with Crippen molar-refractivity contribution >= 4 is 5.97 Å². The summed E-state index contributed by atoms with van der Waals surface area (Å²) in [5.74, 6) is 0.698. The van der Waals surface area contributed by atoms with Gasteiger partial charge < -0.3 is 9.47 Å². The molecule has 1 heterocycles. The van der Waals surface area contributed by atoms with E-state index in [0.29, 0.717) is 6.42 Å². The fraction of sp³-hybridized carbons (Fsp3) is 0.357. The van der Waals surface area contributed by atoms with Crippen molar-refractivity contribution in [3.05, 3.63) is 42.0 Å². The Morgan fingerprint density at radius 2 is 2.06 bits per heavy atom. The molecule has 0 radical (unpaired) electrons. The number of carbonyl (C=O) groups excluding carboxylic acids is 1. The minimum absolute atomic E-state index is 0.0466. The van der Waals surface area contributed by atoms with E-state index in [2.05, 4.69) is 0 Å². The van der Waals surface area contributed by atoms with Crippen molar-refractivity contribution in [2.75, 3.05) is 7.11 Å². The van der Waals surface area contributed by atoms with Crippen LogP contribution >= 0.6 is 0 Å². The van der Waals surface area contributed by atoms with E-state index in [1.165, 1.54) is 0 Å². The number of benzene rings is 1. The lowest BCUT2D eigenvalue weighted by Crippen LogP contribution is -2.18. The van der Waals surface area contributed by atoms with Crippen LogP contribution in [0.3, 0.4) is 0 Å². The van der Waals surface area contributed by atoms with Gasteiger partial charge in [-0.15, -0.1) is 0 Å². The number of hydrogen-bond donors (Lipinski definition) is 0. The number of methoxy groups -OCH3 is 1. The molecule has 1 unspecified atom stereocenters. The smallest absolute Gasteiger partial charge is 0.309 e. The molecule has 3 nitrogen and oxygen atoms in total. The highest BCUT2D eigenvalue weighted by Crippen LogP contribution is 2.17. The molecule has 0 amide bonds. The fourth-order valence-corrected chi connectivity index (χ4v) is 1.86. The summed E-state index contributed by atoms with van der Waals surface area (Å²) in [7, 11) is 1.65. The van der Waals surface area contributed by atoms with Crippen LogP contribution in [0.5, 0.6) is 5.75 Å². The fourth-order valence-electron chi connectivity index (χ4n) is 1.86. The van der Waals surface area contributed by atoms with Crippen molar-refractivity contribution in [1.82, 2.24) is 0 Å². The van der Waals surface area contributed by atoms with E-state index in [-0.39, 0.29) is 12.1 Å².